The average Bonchev–Trinajstić information content (AvgIpc) is 3.20. The molecule has 4 rings (SSSR count). The minimum absolute atomic E-state index is 0.177. The van der Waals surface area contributed by atoms with Crippen molar-refractivity contribution < 1.29 is 28.5 Å². The van der Waals surface area contributed by atoms with E-state index in [0.717, 1.165) is 17.4 Å². The third kappa shape index (κ3) is 4.30. The fourth-order valence-corrected chi connectivity index (χ4v) is 4.83. The molecule has 2 aromatic rings. The number of amides is 1. The molecule has 11 heteroatoms. The van der Waals surface area contributed by atoms with Crippen LogP contribution in [0.3, 0.4) is 0 Å². The van der Waals surface area contributed by atoms with E-state index < -0.39 is 17.9 Å². The van der Waals surface area contributed by atoms with Crippen LogP contribution in [-0.2, 0) is 14.3 Å². The van der Waals surface area contributed by atoms with E-state index in [4.69, 9.17) is 18.9 Å². The van der Waals surface area contributed by atoms with Crippen LogP contribution in [0.25, 0.3) is 0 Å². The Morgan fingerprint density at radius 1 is 1.03 bits per heavy atom. The van der Waals surface area contributed by atoms with Gasteiger partial charge in [-0.15, -0.1) is 0 Å². The number of benzene rings is 2. The average molecular weight is 497 g/mol. The summed E-state index contributed by atoms with van der Waals surface area (Å²) in [6, 6.07) is 11.8. The topological polar surface area (TPSA) is 111 Å². The predicted octanol–water partition coefficient (Wildman–Crippen LogP) is 3.57. The molecule has 35 heavy (non-hydrogen) atoms. The van der Waals surface area contributed by atoms with E-state index in [1.165, 1.54) is 33.3 Å². The minimum atomic E-state index is -0.894. The van der Waals surface area contributed by atoms with Crippen molar-refractivity contribution in [2.75, 3.05) is 33.9 Å². The number of para-hydroxylation sites is 1. The first-order valence-corrected chi connectivity index (χ1v) is 11.3. The lowest BCUT2D eigenvalue weighted by molar-refractivity contribution is -0.137. The highest BCUT2D eigenvalue weighted by molar-refractivity contribution is 8.29. The van der Waals surface area contributed by atoms with E-state index in [2.05, 4.69) is 15.5 Å². The van der Waals surface area contributed by atoms with Gasteiger partial charge in [0.2, 0.25) is 5.75 Å². The SMILES string of the molecule is COC(=O)C1=C(C)N=C2S/C(=N\Nc3ccccc3)C(=O)N2C1c1ccc(OC)c(OC)c1OC. The molecule has 1 amide bonds. The number of fused-ring (bicyclic) bond motifs is 1. The summed E-state index contributed by atoms with van der Waals surface area (Å²) in [5.74, 6) is 0.0514. The summed E-state index contributed by atoms with van der Waals surface area (Å²) in [7, 11) is 5.75. The number of allylic oxidation sites excluding steroid dienone is 1. The summed E-state index contributed by atoms with van der Waals surface area (Å²) in [5.41, 5.74) is 4.74. The number of thioether (sulfide) groups is 1. The summed E-state index contributed by atoms with van der Waals surface area (Å²) in [5, 5.41) is 4.85. The lowest BCUT2D eigenvalue weighted by Crippen LogP contribution is -2.40. The smallest absolute Gasteiger partial charge is 0.338 e. The summed E-state index contributed by atoms with van der Waals surface area (Å²) in [6.45, 7) is 1.69. The number of ether oxygens (including phenoxy) is 4. The van der Waals surface area contributed by atoms with Crippen LogP contribution < -0.4 is 19.6 Å². The molecule has 1 atom stereocenters. The van der Waals surface area contributed by atoms with Crippen LogP contribution in [0.15, 0.2) is 63.8 Å². The first-order valence-electron chi connectivity index (χ1n) is 10.5. The van der Waals surface area contributed by atoms with Gasteiger partial charge < -0.3 is 18.9 Å². The Labute approximate surface area is 206 Å². The zero-order chi connectivity index (χ0) is 25.1. The number of amidine groups is 1. The van der Waals surface area contributed by atoms with E-state index in [1.807, 2.05) is 30.3 Å². The highest BCUT2D eigenvalue weighted by Gasteiger charge is 2.48. The molecule has 1 fully saturated rings. The maximum atomic E-state index is 13.6. The fourth-order valence-electron chi connectivity index (χ4n) is 3.91. The number of carbonyl (C=O) groups is 2. The van der Waals surface area contributed by atoms with Gasteiger partial charge in [-0.25, -0.2) is 9.79 Å². The normalized spacial score (nSPS) is 18.3. The molecule has 2 aromatic carbocycles. The highest BCUT2D eigenvalue weighted by atomic mass is 32.2. The van der Waals surface area contributed by atoms with E-state index >= 15 is 0 Å². The molecule has 0 aliphatic carbocycles. The van der Waals surface area contributed by atoms with Gasteiger partial charge in [-0.1, -0.05) is 18.2 Å². The van der Waals surface area contributed by atoms with Crippen molar-refractivity contribution in [2.24, 2.45) is 10.1 Å². The lowest BCUT2D eigenvalue weighted by atomic mass is 9.93. The molecule has 182 valence electrons. The number of nitrogens with zero attached hydrogens (tertiary/aromatic N) is 3. The van der Waals surface area contributed by atoms with Crippen molar-refractivity contribution >= 4 is 39.5 Å². The monoisotopic (exact) mass is 496 g/mol. The molecule has 0 saturated carbocycles. The number of aliphatic imine (C=N–C) groups is 1. The van der Waals surface area contributed by atoms with Crippen LogP contribution in [0.4, 0.5) is 5.69 Å². The maximum absolute atomic E-state index is 13.6. The van der Waals surface area contributed by atoms with E-state index in [-0.39, 0.29) is 10.6 Å². The van der Waals surface area contributed by atoms with Gasteiger partial charge in [-0.2, -0.15) is 5.10 Å². The maximum Gasteiger partial charge on any atom is 0.338 e. The van der Waals surface area contributed by atoms with Gasteiger partial charge in [0.25, 0.3) is 5.91 Å². The Kier molecular flexibility index (Phi) is 6.97. The quantitative estimate of drug-likeness (QED) is 0.458. The second-order valence-corrected chi connectivity index (χ2v) is 8.34. The van der Waals surface area contributed by atoms with Crippen molar-refractivity contribution in [3.8, 4) is 17.2 Å². The second kappa shape index (κ2) is 10.1. The van der Waals surface area contributed by atoms with Gasteiger partial charge in [0, 0.05) is 5.56 Å². The fraction of sp³-hybridized carbons (Fsp3) is 0.250. The molecule has 0 aromatic heterocycles. The molecule has 1 saturated heterocycles. The first-order chi connectivity index (χ1) is 16.9. The molecule has 0 spiro atoms. The Morgan fingerprint density at radius 3 is 2.37 bits per heavy atom. The molecule has 2 heterocycles. The van der Waals surface area contributed by atoms with Gasteiger partial charge in [0.15, 0.2) is 21.7 Å². The van der Waals surface area contributed by atoms with Crippen LogP contribution in [0, 0.1) is 0 Å². The van der Waals surface area contributed by atoms with E-state index in [1.54, 1.807) is 19.1 Å². The number of hydrogen-bond donors (Lipinski definition) is 1. The van der Waals surface area contributed by atoms with Gasteiger partial charge in [0.1, 0.15) is 6.04 Å². The molecule has 10 nitrogen and oxygen atoms in total. The van der Waals surface area contributed by atoms with Gasteiger partial charge in [-0.3, -0.25) is 15.1 Å². The van der Waals surface area contributed by atoms with Gasteiger partial charge >= 0.3 is 5.97 Å². The number of nitrogens with one attached hydrogen (secondary N) is 1. The molecule has 0 radical (unpaired) electrons. The first kappa shape index (κ1) is 24.1. The van der Waals surface area contributed by atoms with Crippen LogP contribution in [0.2, 0.25) is 0 Å². The zero-order valence-electron chi connectivity index (χ0n) is 19.8. The molecule has 0 bridgehead atoms. The Bertz CT molecular complexity index is 1260. The number of carbonyl (C=O) groups excluding carboxylic acids is 2. The molecule has 1 unspecified atom stereocenters. The molecular weight excluding hydrogens is 472 g/mol. The molecule has 2 aliphatic heterocycles. The molecule has 2 aliphatic rings. The Morgan fingerprint density at radius 2 is 1.74 bits per heavy atom. The number of esters is 1. The van der Waals surface area contributed by atoms with E-state index in [0.29, 0.717) is 33.7 Å². The van der Waals surface area contributed by atoms with Gasteiger partial charge in [-0.05, 0) is 43.0 Å². The lowest BCUT2D eigenvalue weighted by Gasteiger charge is -2.33. The van der Waals surface area contributed by atoms with Crippen LogP contribution >= 0.6 is 11.8 Å². The largest absolute Gasteiger partial charge is 0.493 e. The Balaban J connectivity index is 1.84. The Hall–Kier alpha value is -3.99. The number of rotatable bonds is 7. The van der Waals surface area contributed by atoms with Crippen molar-refractivity contribution in [3.63, 3.8) is 0 Å². The van der Waals surface area contributed by atoms with Gasteiger partial charge in [0.05, 0.1) is 45.4 Å². The predicted molar refractivity (Wildman–Crippen MR) is 133 cm³/mol. The molecular formula is C24H24N4O6S. The second-order valence-electron chi connectivity index (χ2n) is 7.38. The van der Waals surface area contributed by atoms with Crippen LogP contribution in [0.1, 0.15) is 18.5 Å². The number of anilines is 1. The third-order valence-corrected chi connectivity index (χ3v) is 6.41. The van der Waals surface area contributed by atoms with Crippen molar-refractivity contribution in [1.82, 2.24) is 4.90 Å². The number of hydrogen-bond acceptors (Lipinski definition) is 10. The van der Waals surface area contributed by atoms with E-state index in [9.17, 15) is 9.59 Å². The molecule has 1 N–H and O–H groups in total. The number of hydrazone groups is 1. The zero-order valence-corrected chi connectivity index (χ0v) is 20.6. The van der Waals surface area contributed by atoms with Crippen LogP contribution in [-0.4, -0.2) is 55.4 Å². The summed E-state index contributed by atoms with van der Waals surface area (Å²) in [4.78, 5) is 32.4. The summed E-state index contributed by atoms with van der Waals surface area (Å²) >= 11 is 1.11. The summed E-state index contributed by atoms with van der Waals surface area (Å²) in [6.07, 6.45) is 0. The summed E-state index contributed by atoms with van der Waals surface area (Å²) < 4.78 is 21.6. The standard InChI is InChI=1S/C24H24N4O6S/c1-13-17(23(30)34-5)18(15-11-12-16(31-2)20(33-4)19(15)32-3)28-22(29)21(35-24(28)25-13)27-26-14-9-7-6-8-10-14/h6-12,18,26H,1-5H3/b27-21-. The van der Waals surface area contributed by atoms with Crippen molar-refractivity contribution in [1.29, 1.82) is 0 Å². The minimum Gasteiger partial charge on any atom is -0.493 e. The highest BCUT2D eigenvalue weighted by Crippen LogP contribution is 2.49. The van der Waals surface area contributed by atoms with Crippen molar-refractivity contribution in [2.45, 2.75) is 13.0 Å². The third-order valence-electron chi connectivity index (χ3n) is 5.48. The van der Waals surface area contributed by atoms with Crippen LogP contribution in [0.5, 0.6) is 17.2 Å². The number of methoxy groups -OCH3 is 4. The van der Waals surface area contributed by atoms with Crippen molar-refractivity contribution in [3.05, 3.63) is 59.3 Å².